The van der Waals surface area contributed by atoms with Gasteiger partial charge in [0.25, 0.3) is 0 Å². The molecular weight excluding hydrogens is 222 g/mol. The van der Waals surface area contributed by atoms with Crippen molar-refractivity contribution in [2.24, 2.45) is 5.92 Å². The van der Waals surface area contributed by atoms with Crippen LogP contribution in [0, 0.1) is 5.92 Å². The maximum absolute atomic E-state index is 11.9. The summed E-state index contributed by atoms with van der Waals surface area (Å²) in [4.78, 5) is 13.6. The van der Waals surface area contributed by atoms with Crippen molar-refractivity contribution in [1.29, 1.82) is 0 Å². The molecule has 18 heavy (non-hydrogen) atoms. The zero-order valence-electron chi connectivity index (χ0n) is 11.9. The largest absolute Gasteiger partial charge is 0.316 e. The van der Waals surface area contributed by atoms with Gasteiger partial charge in [-0.1, -0.05) is 29.9 Å². The van der Waals surface area contributed by atoms with E-state index in [0.717, 1.165) is 25.7 Å². The molecule has 1 aliphatic carbocycles. The molecule has 100 valence electrons. The highest BCUT2D eigenvalue weighted by Crippen LogP contribution is 2.31. The van der Waals surface area contributed by atoms with Crippen LogP contribution in [0.15, 0.2) is 36.1 Å². The van der Waals surface area contributed by atoms with Crippen molar-refractivity contribution in [3.8, 4) is 0 Å². The lowest BCUT2D eigenvalue weighted by atomic mass is 10.1. The number of rotatable bonds is 7. The molecule has 0 aromatic carbocycles. The molecular formula is C16H25NO. The molecule has 1 fully saturated rings. The van der Waals surface area contributed by atoms with E-state index in [2.05, 4.69) is 39.5 Å². The zero-order chi connectivity index (χ0) is 13.5. The molecule has 1 saturated carbocycles. The van der Waals surface area contributed by atoms with E-state index in [-0.39, 0.29) is 11.8 Å². The van der Waals surface area contributed by atoms with Gasteiger partial charge in [-0.3, -0.25) is 4.79 Å². The lowest BCUT2D eigenvalue weighted by molar-refractivity contribution is -0.129. The Bertz CT molecular complexity index is 357. The molecule has 0 heterocycles. The Morgan fingerprint density at radius 1 is 1.28 bits per heavy atom. The first-order valence-corrected chi connectivity index (χ1v) is 6.76. The maximum Gasteiger partial charge on any atom is 0.229 e. The Kier molecular flexibility index (Phi) is 5.90. The number of hydrogen-bond acceptors (Lipinski definition) is 1. The normalized spacial score (nSPS) is 15.2. The molecule has 0 bridgehead atoms. The number of allylic oxidation sites excluding steroid dienone is 3. The molecule has 0 unspecified atom stereocenters. The Morgan fingerprint density at radius 3 is 2.44 bits per heavy atom. The fraction of sp³-hybridized carbons (Fsp3) is 0.562. The minimum atomic E-state index is 0.235. The second-order valence-electron chi connectivity index (χ2n) is 5.32. The number of hydrogen-bond donors (Lipinski definition) is 0. The predicted molar refractivity (Wildman–Crippen MR) is 77.1 cm³/mol. The molecule has 0 N–H and O–H groups in total. The molecule has 0 atom stereocenters. The molecule has 2 nitrogen and oxygen atoms in total. The van der Waals surface area contributed by atoms with Gasteiger partial charge in [0.1, 0.15) is 0 Å². The lowest BCUT2D eigenvalue weighted by Crippen LogP contribution is -2.27. The van der Waals surface area contributed by atoms with Gasteiger partial charge in [0, 0.05) is 12.5 Å². The van der Waals surface area contributed by atoms with Gasteiger partial charge in [-0.15, -0.1) is 0 Å². The van der Waals surface area contributed by atoms with E-state index in [9.17, 15) is 4.79 Å². The average molecular weight is 247 g/mol. The van der Waals surface area contributed by atoms with Crippen molar-refractivity contribution < 1.29 is 4.79 Å². The summed E-state index contributed by atoms with van der Waals surface area (Å²) in [7, 11) is 0. The Hall–Kier alpha value is -1.31. The van der Waals surface area contributed by atoms with Gasteiger partial charge in [0.2, 0.25) is 5.91 Å². The predicted octanol–water partition coefficient (Wildman–Crippen LogP) is 4.06. The van der Waals surface area contributed by atoms with Crippen molar-refractivity contribution in [2.75, 3.05) is 6.54 Å². The quantitative estimate of drug-likeness (QED) is 0.621. The van der Waals surface area contributed by atoms with Crippen LogP contribution < -0.4 is 0 Å². The number of carbonyl (C=O) groups excluding carboxylic acids is 1. The van der Waals surface area contributed by atoms with Crippen LogP contribution in [-0.2, 0) is 4.79 Å². The van der Waals surface area contributed by atoms with Crippen molar-refractivity contribution in [3.05, 3.63) is 36.1 Å². The second kappa shape index (κ2) is 7.20. The fourth-order valence-corrected chi connectivity index (χ4v) is 1.76. The Balaban J connectivity index is 2.37. The highest BCUT2D eigenvalue weighted by Gasteiger charge is 2.32. The summed E-state index contributed by atoms with van der Waals surface area (Å²) < 4.78 is 0. The van der Waals surface area contributed by atoms with Crippen molar-refractivity contribution in [2.45, 2.75) is 46.5 Å². The number of amides is 1. The standard InChI is InChI=1S/C16H25NO/c1-5-17(16(18)15-9-10-15)12-11-14(4)8-6-7-13(2)3/h5,7,11,15H,1,6,8-10,12H2,2-4H3/b14-11+. The Labute approximate surface area is 111 Å². The summed E-state index contributed by atoms with van der Waals surface area (Å²) in [5.41, 5.74) is 2.70. The van der Waals surface area contributed by atoms with Crippen LogP contribution >= 0.6 is 0 Å². The molecule has 0 radical (unpaired) electrons. The molecule has 1 aliphatic rings. The highest BCUT2D eigenvalue weighted by atomic mass is 16.2. The van der Waals surface area contributed by atoms with Crippen LogP contribution in [0.5, 0.6) is 0 Å². The summed E-state index contributed by atoms with van der Waals surface area (Å²) in [6.45, 7) is 10.8. The highest BCUT2D eigenvalue weighted by molar-refractivity contribution is 5.82. The second-order valence-corrected chi connectivity index (χ2v) is 5.32. The summed E-state index contributed by atoms with van der Waals surface area (Å²) >= 11 is 0. The molecule has 0 aromatic heterocycles. The molecule has 1 rings (SSSR count). The summed E-state index contributed by atoms with van der Waals surface area (Å²) in [5, 5.41) is 0. The monoisotopic (exact) mass is 247 g/mol. The molecule has 0 aromatic rings. The first kappa shape index (κ1) is 14.7. The van der Waals surface area contributed by atoms with Gasteiger partial charge >= 0.3 is 0 Å². The van der Waals surface area contributed by atoms with Crippen LogP contribution in [0.4, 0.5) is 0 Å². The first-order chi connectivity index (χ1) is 8.54. The Morgan fingerprint density at radius 2 is 1.94 bits per heavy atom. The van der Waals surface area contributed by atoms with E-state index in [1.807, 2.05) is 0 Å². The van der Waals surface area contributed by atoms with Gasteiger partial charge in [-0.25, -0.2) is 0 Å². The molecule has 0 spiro atoms. The fourth-order valence-electron chi connectivity index (χ4n) is 1.76. The van der Waals surface area contributed by atoms with Gasteiger partial charge in [-0.05, 0) is 52.7 Å². The summed E-state index contributed by atoms with van der Waals surface area (Å²) in [5.74, 6) is 0.501. The SMILES string of the molecule is C=CN(C/C=C(\C)CCC=C(C)C)C(=O)C1CC1. The topological polar surface area (TPSA) is 20.3 Å². The van der Waals surface area contributed by atoms with Crippen LogP contribution in [0.2, 0.25) is 0 Å². The minimum Gasteiger partial charge on any atom is -0.316 e. The summed E-state index contributed by atoms with van der Waals surface area (Å²) in [6.07, 6.45) is 10.3. The lowest BCUT2D eigenvalue weighted by Gasteiger charge is -2.16. The van der Waals surface area contributed by atoms with E-state index in [1.165, 1.54) is 11.1 Å². The van der Waals surface area contributed by atoms with Crippen molar-refractivity contribution >= 4 is 5.91 Å². The molecule has 0 saturated heterocycles. The molecule has 1 amide bonds. The van der Waals surface area contributed by atoms with E-state index in [4.69, 9.17) is 0 Å². The third-order valence-corrected chi connectivity index (χ3v) is 3.16. The minimum absolute atomic E-state index is 0.235. The van der Waals surface area contributed by atoms with E-state index in [0.29, 0.717) is 6.54 Å². The number of carbonyl (C=O) groups is 1. The van der Waals surface area contributed by atoms with Gasteiger partial charge in [-0.2, -0.15) is 0 Å². The van der Waals surface area contributed by atoms with Crippen LogP contribution in [0.25, 0.3) is 0 Å². The van der Waals surface area contributed by atoms with Crippen LogP contribution in [0.3, 0.4) is 0 Å². The van der Waals surface area contributed by atoms with Crippen LogP contribution in [-0.4, -0.2) is 17.4 Å². The average Bonchev–Trinajstić information content (AvgIpc) is 3.12. The molecule has 2 heteroatoms. The van der Waals surface area contributed by atoms with Crippen molar-refractivity contribution in [3.63, 3.8) is 0 Å². The van der Waals surface area contributed by atoms with Gasteiger partial charge in [0.15, 0.2) is 0 Å². The van der Waals surface area contributed by atoms with Gasteiger partial charge < -0.3 is 4.90 Å². The van der Waals surface area contributed by atoms with E-state index >= 15 is 0 Å². The van der Waals surface area contributed by atoms with Crippen LogP contribution in [0.1, 0.15) is 46.5 Å². The van der Waals surface area contributed by atoms with Gasteiger partial charge in [0.05, 0.1) is 0 Å². The van der Waals surface area contributed by atoms with Crippen molar-refractivity contribution in [1.82, 2.24) is 4.90 Å². The molecule has 0 aliphatic heterocycles. The first-order valence-electron chi connectivity index (χ1n) is 6.76. The third-order valence-electron chi connectivity index (χ3n) is 3.16. The zero-order valence-corrected chi connectivity index (χ0v) is 11.9. The van der Waals surface area contributed by atoms with E-state index in [1.54, 1.807) is 11.1 Å². The number of nitrogens with zero attached hydrogens (tertiary/aromatic N) is 1. The third kappa shape index (κ3) is 5.35. The van der Waals surface area contributed by atoms with E-state index < -0.39 is 0 Å². The smallest absolute Gasteiger partial charge is 0.229 e. The summed E-state index contributed by atoms with van der Waals surface area (Å²) in [6, 6.07) is 0. The maximum atomic E-state index is 11.9.